The van der Waals surface area contributed by atoms with Gasteiger partial charge in [-0.25, -0.2) is 4.79 Å². The Labute approximate surface area is 206 Å². The van der Waals surface area contributed by atoms with Crippen molar-refractivity contribution in [3.63, 3.8) is 0 Å². The van der Waals surface area contributed by atoms with Gasteiger partial charge in [0, 0.05) is 11.0 Å². The Morgan fingerprint density at radius 3 is 2.35 bits per heavy atom. The van der Waals surface area contributed by atoms with Gasteiger partial charge in [0.1, 0.15) is 0 Å². The van der Waals surface area contributed by atoms with E-state index in [4.69, 9.17) is 5.11 Å². The molecule has 0 aromatic heterocycles. The molecule has 34 heavy (non-hydrogen) atoms. The van der Waals surface area contributed by atoms with Crippen LogP contribution in [0.25, 0.3) is 0 Å². The Hall–Kier alpha value is -1.13. The molecule has 4 nitrogen and oxygen atoms in total. The van der Waals surface area contributed by atoms with E-state index in [1.165, 1.54) is 0 Å². The average molecular weight is 473 g/mol. The molecule has 4 aliphatic rings. The predicted molar refractivity (Wildman–Crippen MR) is 136 cm³/mol. The molecular formula is C30H48O4. The number of fused-ring (bicyclic) bond motifs is 5. The number of aliphatic hydroxyl groups excluding tert-OH is 2. The fourth-order valence-corrected chi connectivity index (χ4v) is 9.55. The maximum absolute atomic E-state index is 11.9. The molecule has 0 unspecified atom stereocenters. The van der Waals surface area contributed by atoms with Crippen LogP contribution in [0.5, 0.6) is 0 Å². The first-order chi connectivity index (χ1) is 15.7. The van der Waals surface area contributed by atoms with Gasteiger partial charge in [-0.05, 0) is 98.7 Å². The normalized spacial score (nSPS) is 44.8. The molecule has 0 aromatic carbocycles. The van der Waals surface area contributed by atoms with Crippen LogP contribution in [0.15, 0.2) is 22.8 Å². The number of hydrogen-bond donors (Lipinski definition) is 3. The van der Waals surface area contributed by atoms with Crippen molar-refractivity contribution in [1.82, 2.24) is 0 Å². The molecule has 0 heterocycles. The molecule has 0 saturated heterocycles. The Kier molecular flexibility index (Phi) is 6.47. The molecule has 4 aliphatic carbocycles. The third-order valence-electron chi connectivity index (χ3n) is 12.0. The predicted octanol–water partition coefficient (Wildman–Crippen LogP) is 6.51. The fraction of sp³-hybridized carbons (Fsp3) is 0.833. The number of hydrogen-bond acceptors (Lipinski definition) is 3. The summed E-state index contributed by atoms with van der Waals surface area (Å²) in [5, 5.41) is 31.8. The SMILES string of the molecule is C/C(=C\CC[C@@H](C)C1=C2CC[C@@H]3[C@@]4(C)CC[C@@H](O)C(C)(C)[C@@H]4C[C@@H](O)[C@@]3(C)[C@]2(C)CC1)C(=O)O. The van der Waals surface area contributed by atoms with E-state index in [9.17, 15) is 15.0 Å². The van der Waals surface area contributed by atoms with Crippen LogP contribution in [0, 0.1) is 39.4 Å². The molecule has 0 spiro atoms. The number of aliphatic carboxylic acids is 1. The third-order valence-corrected chi connectivity index (χ3v) is 12.0. The first-order valence-corrected chi connectivity index (χ1v) is 13.7. The van der Waals surface area contributed by atoms with Gasteiger partial charge in [-0.15, -0.1) is 0 Å². The molecule has 0 bridgehead atoms. The lowest BCUT2D eigenvalue weighted by atomic mass is 9.35. The topological polar surface area (TPSA) is 77.8 Å². The second-order valence-electron chi connectivity index (χ2n) is 13.6. The minimum atomic E-state index is -0.828. The van der Waals surface area contributed by atoms with Crippen molar-refractivity contribution in [3.8, 4) is 0 Å². The van der Waals surface area contributed by atoms with Gasteiger partial charge in [-0.2, -0.15) is 0 Å². The van der Waals surface area contributed by atoms with Gasteiger partial charge in [-0.1, -0.05) is 58.8 Å². The highest BCUT2D eigenvalue weighted by Crippen LogP contribution is 2.74. The van der Waals surface area contributed by atoms with Crippen molar-refractivity contribution < 1.29 is 20.1 Å². The van der Waals surface area contributed by atoms with E-state index in [0.717, 1.165) is 57.8 Å². The van der Waals surface area contributed by atoms with Crippen molar-refractivity contribution in [2.75, 3.05) is 0 Å². The second kappa shape index (κ2) is 8.47. The molecule has 192 valence electrons. The smallest absolute Gasteiger partial charge is 0.330 e. The average Bonchev–Trinajstić information content (AvgIpc) is 3.12. The summed E-state index contributed by atoms with van der Waals surface area (Å²) >= 11 is 0. The monoisotopic (exact) mass is 472 g/mol. The largest absolute Gasteiger partial charge is 0.478 e. The van der Waals surface area contributed by atoms with E-state index < -0.39 is 5.97 Å². The van der Waals surface area contributed by atoms with Crippen molar-refractivity contribution >= 4 is 5.97 Å². The van der Waals surface area contributed by atoms with E-state index in [1.807, 2.05) is 6.08 Å². The molecule has 3 N–H and O–H groups in total. The van der Waals surface area contributed by atoms with E-state index in [0.29, 0.717) is 23.3 Å². The summed E-state index contributed by atoms with van der Waals surface area (Å²) in [4.78, 5) is 11.1. The van der Waals surface area contributed by atoms with Crippen LogP contribution < -0.4 is 0 Å². The van der Waals surface area contributed by atoms with Gasteiger partial charge < -0.3 is 15.3 Å². The Bertz CT molecular complexity index is 899. The van der Waals surface area contributed by atoms with Crippen molar-refractivity contribution in [2.24, 2.45) is 39.4 Å². The lowest BCUT2D eigenvalue weighted by Crippen LogP contribution is -2.67. The number of rotatable bonds is 5. The summed E-state index contributed by atoms with van der Waals surface area (Å²) in [5.74, 6) is 0.425. The molecule has 4 heteroatoms. The number of carbonyl (C=O) groups is 1. The minimum Gasteiger partial charge on any atom is -0.478 e. The van der Waals surface area contributed by atoms with Gasteiger partial charge in [0.05, 0.1) is 12.2 Å². The number of aliphatic hydroxyl groups is 2. The highest BCUT2D eigenvalue weighted by molar-refractivity contribution is 5.85. The molecule has 3 saturated carbocycles. The van der Waals surface area contributed by atoms with Gasteiger partial charge in [0.25, 0.3) is 0 Å². The number of carboxylic acid groups (broad SMARTS) is 1. The first-order valence-electron chi connectivity index (χ1n) is 13.7. The summed E-state index contributed by atoms with van der Waals surface area (Å²) in [6.07, 6.45) is 10.2. The van der Waals surface area contributed by atoms with Crippen molar-refractivity contribution in [2.45, 2.75) is 118 Å². The first kappa shape index (κ1) is 25.9. The van der Waals surface area contributed by atoms with E-state index >= 15 is 0 Å². The fourth-order valence-electron chi connectivity index (χ4n) is 9.55. The highest BCUT2D eigenvalue weighted by Gasteiger charge is 2.69. The quantitative estimate of drug-likeness (QED) is 0.315. The van der Waals surface area contributed by atoms with Crippen LogP contribution in [-0.4, -0.2) is 33.5 Å². The van der Waals surface area contributed by atoms with E-state index in [2.05, 4.69) is 41.5 Å². The van der Waals surface area contributed by atoms with Crippen LogP contribution in [-0.2, 0) is 4.79 Å². The number of carboxylic acids is 1. The third kappa shape index (κ3) is 3.49. The lowest BCUT2D eigenvalue weighted by Gasteiger charge is -2.70. The van der Waals surface area contributed by atoms with Crippen LogP contribution in [0.4, 0.5) is 0 Å². The summed E-state index contributed by atoms with van der Waals surface area (Å²) in [7, 11) is 0. The Balaban J connectivity index is 1.65. The van der Waals surface area contributed by atoms with Crippen molar-refractivity contribution in [3.05, 3.63) is 22.8 Å². The number of allylic oxidation sites excluding steroid dienone is 3. The molecular weight excluding hydrogens is 424 g/mol. The zero-order valence-corrected chi connectivity index (χ0v) is 22.6. The Morgan fingerprint density at radius 2 is 1.71 bits per heavy atom. The second-order valence-corrected chi connectivity index (χ2v) is 13.6. The zero-order valence-electron chi connectivity index (χ0n) is 22.6. The van der Waals surface area contributed by atoms with Gasteiger partial charge >= 0.3 is 5.97 Å². The standard InChI is InChI=1S/C30H48O4/c1-18(9-8-10-19(2)26(33)34)20-13-16-29(6)21(20)11-12-22-28(5)15-14-24(31)27(3,4)23(28)17-25(32)30(22,29)7/h10,18,22-25,31-32H,8-9,11-17H2,1-7H3,(H,33,34)/b19-10+/t18-,22-,23+,24-,25-,28-,29-,30+/m1/s1. The van der Waals surface area contributed by atoms with Crippen LogP contribution in [0.2, 0.25) is 0 Å². The molecule has 0 aliphatic heterocycles. The highest BCUT2D eigenvalue weighted by atomic mass is 16.4. The molecule has 3 fully saturated rings. The summed E-state index contributed by atoms with van der Waals surface area (Å²) < 4.78 is 0. The summed E-state index contributed by atoms with van der Waals surface area (Å²) in [6.45, 7) is 15.8. The molecule has 4 rings (SSSR count). The summed E-state index contributed by atoms with van der Waals surface area (Å²) in [5.41, 5.74) is 3.48. The van der Waals surface area contributed by atoms with Gasteiger partial charge in [-0.3, -0.25) is 0 Å². The van der Waals surface area contributed by atoms with E-state index in [-0.39, 0.29) is 33.9 Å². The molecule has 0 aromatic rings. The zero-order chi connectivity index (χ0) is 25.3. The maximum Gasteiger partial charge on any atom is 0.330 e. The van der Waals surface area contributed by atoms with Crippen LogP contribution >= 0.6 is 0 Å². The van der Waals surface area contributed by atoms with Crippen LogP contribution in [0.3, 0.4) is 0 Å². The van der Waals surface area contributed by atoms with E-state index in [1.54, 1.807) is 18.1 Å². The van der Waals surface area contributed by atoms with Crippen molar-refractivity contribution in [1.29, 1.82) is 0 Å². The summed E-state index contributed by atoms with van der Waals surface area (Å²) in [6, 6.07) is 0. The van der Waals surface area contributed by atoms with Crippen LogP contribution in [0.1, 0.15) is 106 Å². The maximum atomic E-state index is 11.9. The Morgan fingerprint density at radius 1 is 1.03 bits per heavy atom. The lowest BCUT2D eigenvalue weighted by molar-refractivity contribution is -0.241. The molecule has 0 radical (unpaired) electrons. The molecule has 0 amide bonds. The minimum absolute atomic E-state index is 0.0138. The molecule has 8 atom stereocenters. The van der Waals surface area contributed by atoms with Gasteiger partial charge in [0.15, 0.2) is 0 Å². The van der Waals surface area contributed by atoms with Gasteiger partial charge in [0.2, 0.25) is 0 Å².